The summed E-state index contributed by atoms with van der Waals surface area (Å²) in [6.45, 7) is 4.34. The highest BCUT2D eigenvalue weighted by Crippen LogP contribution is 2.29. The molecule has 2 aliphatic heterocycles. The Balaban J connectivity index is 1.65. The van der Waals surface area contributed by atoms with Gasteiger partial charge in [0, 0.05) is 31.4 Å². The predicted molar refractivity (Wildman–Crippen MR) is 87.9 cm³/mol. The van der Waals surface area contributed by atoms with Gasteiger partial charge in [-0.3, -0.25) is 4.90 Å². The van der Waals surface area contributed by atoms with E-state index < -0.39 is 0 Å². The highest BCUT2D eigenvalue weighted by atomic mass is 16.6. The second-order valence-electron chi connectivity index (χ2n) is 6.08. The van der Waals surface area contributed by atoms with Crippen LogP contribution < -0.4 is 4.90 Å². The number of aryl methyl sites for hydroxylation is 1. The quantitative estimate of drug-likeness (QED) is 0.906. The fraction of sp³-hybridized carbons (Fsp3) is 0.353. The molecule has 1 N–H and O–H groups in total. The van der Waals surface area contributed by atoms with Crippen molar-refractivity contribution in [3.8, 4) is 17.1 Å². The standard InChI is InChI=1S/C17H18N4O3/c1-11-8-15(19-16(18-11)13-4-2-3-5-14(13)22)20-6-7-21-12(9-20)10-24-17(21)23/h2-5,8,12,22H,6-7,9-10H2,1H3/t12-/m1/s1. The Hall–Kier alpha value is -2.83. The van der Waals surface area contributed by atoms with Gasteiger partial charge in [0.25, 0.3) is 0 Å². The Morgan fingerprint density at radius 3 is 2.92 bits per heavy atom. The molecule has 3 heterocycles. The number of piperazine rings is 1. The maximum atomic E-state index is 11.6. The van der Waals surface area contributed by atoms with E-state index in [0.717, 1.165) is 11.5 Å². The number of cyclic esters (lactones) is 1. The van der Waals surface area contributed by atoms with Crippen LogP contribution in [-0.2, 0) is 4.74 Å². The Morgan fingerprint density at radius 2 is 2.08 bits per heavy atom. The summed E-state index contributed by atoms with van der Waals surface area (Å²) in [6.07, 6.45) is -0.228. The number of hydrogen-bond acceptors (Lipinski definition) is 6. The summed E-state index contributed by atoms with van der Waals surface area (Å²) in [6, 6.07) is 9.04. The highest BCUT2D eigenvalue weighted by molar-refractivity contribution is 5.71. The molecule has 1 aromatic heterocycles. The topological polar surface area (TPSA) is 78.8 Å². The molecule has 24 heavy (non-hydrogen) atoms. The Kier molecular flexibility index (Phi) is 3.48. The molecule has 7 heteroatoms. The minimum atomic E-state index is -0.228. The lowest BCUT2D eigenvalue weighted by Crippen LogP contribution is -2.52. The fourth-order valence-electron chi connectivity index (χ4n) is 3.19. The van der Waals surface area contributed by atoms with E-state index in [2.05, 4.69) is 14.9 Å². The summed E-state index contributed by atoms with van der Waals surface area (Å²) >= 11 is 0. The van der Waals surface area contributed by atoms with E-state index in [9.17, 15) is 9.90 Å². The third kappa shape index (κ3) is 2.51. The predicted octanol–water partition coefficient (Wildman–Crippen LogP) is 1.80. The molecular formula is C17H18N4O3. The highest BCUT2D eigenvalue weighted by Gasteiger charge is 2.37. The number of fused-ring (bicyclic) bond motifs is 1. The van der Waals surface area contributed by atoms with Gasteiger partial charge in [-0.05, 0) is 19.1 Å². The lowest BCUT2D eigenvalue weighted by molar-refractivity contribution is 0.157. The van der Waals surface area contributed by atoms with E-state index in [1.807, 2.05) is 19.1 Å². The molecule has 2 saturated heterocycles. The van der Waals surface area contributed by atoms with Crippen LogP contribution in [0.15, 0.2) is 30.3 Å². The van der Waals surface area contributed by atoms with Gasteiger partial charge in [-0.1, -0.05) is 12.1 Å². The fourth-order valence-corrected chi connectivity index (χ4v) is 3.19. The zero-order chi connectivity index (χ0) is 16.7. The smallest absolute Gasteiger partial charge is 0.410 e. The number of hydrogen-bond donors (Lipinski definition) is 1. The van der Waals surface area contributed by atoms with Gasteiger partial charge in [0.2, 0.25) is 0 Å². The summed E-state index contributed by atoms with van der Waals surface area (Å²) in [5.41, 5.74) is 1.44. The third-order valence-corrected chi connectivity index (χ3v) is 4.43. The summed E-state index contributed by atoms with van der Waals surface area (Å²) in [7, 11) is 0. The first-order chi connectivity index (χ1) is 11.6. The number of phenolic OH excluding ortho intramolecular Hbond substituents is 1. The summed E-state index contributed by atoms with van der Waals surface area (Å²) in [5, 5.41) is 10.1. The first kappa shape index (κ1) is 14.7. The molecule has 0 spiro atoms. The van der Waals surface area contributed by atoms with E-state index in [4.69, 9.17) is 4.74 Å². The number of ether oxygens (including phenoxy) is 1. The van der Waals surface area contributed by atoms with Crippen LogP contribution in [0.4, 0.5) is 10.6 Å². The molecule has 2 fully saturated rings. The molecule has 2 aliphatic rings. The van der Waals surface area contributed by atoms with Crippen LogP contribution in [0.1, 0.15) is 5.69 Å². The van der Waals surface area contributed by atoms with E-state index in [0.29, 0.717) is 37.6 Å². The number of benzene rings is 1. The number of phenols is 1. The van der Waals surface area contributed by atoms with Gasteiger partial charge in [-0.2, -0.15) is 0 Å². The first-order valence-corrected chi connectivity index (χ1v) is 7.94. The van der Waals surface area contributed by atoms with E-state index >= 15 is 0 Å². The third-order valence-electron chi connectivity index (χ3n) is 4.43. The van der Waals surface area contributed by atoms with E-state index in [-0.39, 0.29) is 17.9 Å². The molecule has 0 bridgehead atoms. The minimum absolute atomic E-state index is 0.0649. The second kappa shape index (κ2) is 5.67. The minimum Gasteiger partial charge on any atom is -0.507 e. The van der Waals surface area contributed by atoms with Crippen molar-refractivity contribution in [1.82, 2.24) is 14.9 Å². The lowest BCUT2D eigenvalue weighted by atomic mass is 10.1. The van der Waals surface area contributed by atoms with Crippen molar-refractivity contribution in [1.29, 1.82) is 0 Å². The Morgan fingerprint density at radius 1 is 1.25 bits per heavy atom. The molecule has 124 valence electrons. The molecule has 0 aliphatic carbocycles. The maximum absolute atomic E-state index is 11.6. The monoisotopic (exact) mass is 326 g/mol. The number of amides is 1. The summed E-state index contributed by atoms with van der Waals surface area (Å²) in [4.78, 5) is 24.6. The van der Waals surface area contributed by atoms with Crippen molar-refractivity contribution in [2.75, 3.05) is 31.1 Å². The van der Waals surface area contributed by atoms with Gasteiger partial charge in [0.05, 0.1) is 11.6 Å². The molecule has 1 atom stereocenters. The number of anilines is 1. The zero-order valence-corrected chi connectivity index (χ0v) is 13.3. The van der Waals surface area contributed by atoms with Crippen molar-refractivity contribution >= 4 is 11.9 Å². The molecule has 1 aromatic carbocycles. The summed E-state index contributed by atoms with van der Waals surface area (Å²) < 4.78 is 5.11. The largest absolute Gasteiger partial charge is 0.507 e. The van der Waals surface area contributed by atoms with Crippen LogP contribution >= 0.6 is 0 Å². The number of carbonyl (C=O) groups excluding carboxylic acids is 1. The number of carbonyl (C=O) groups is 1. The van der Waals surface area contributed by atoms with Gasteiger partial charge >= 0.3 is 6.09 Å². The van der Waals surface area contributed by atoms with Crippen LogP contribution in [0.5, 0.6) is 5.75 Å². The maximum Gasteiger partial charge on any atom is 0.410 e. The lowest BCUT2D eigenvalue weighted by Gasteiger charge is -2.36. The van der Waals surface area contributed by atoms with Crippen molar-refractivity contribution in [2.45, 2.75) is 13.0 Å². The average molecular weight is 326 g/mol. The van der Waals surface area contributed by atoms with Crippen molar-refractivity contribution in [2.24, 2.45) is 0 Å². The van der Waals surface area contributed by atoms with Crippen LogP contribution in [0.3, 0.4) is 0 Å². The van der Waals surface area contributed by atoms with Gasteiger partial charge in [0.15, 0.2) is 5.82 Å². The van der Waals surface area contributed by atoms with Gasteiger partial charge < -0.3 is 14.7 Å². The van der Waals surface area contributed by atoms with Gasteiger partial charge in [0.1, 0.15) is 18.2 Å². The van der Waals surface area contributed by atoms with Gasteiger partial charge in [-0.25, -0.2) is 14.8 Å². The summed E-state index contributed by atoms with van der Waals surface area (Å²) in [5.74, 6) is 1.47. The second-order valence-corrected chi connectivity index (χ2v) is 6.08. The van der Waals surface area contributed by atoms with Crippen LogP contribution in [0.2, 0.25) is 0 Å². The van der Waals surface area contributed by atoms with Crippen molar-refractivity contribution < 1.29 is 14.6 Å². The number of para-hydroxylation sites is 1. The molecule has 2 aromatic rings. The molecule has 0 radical (unpaired) electrons. The normalized spacial score (nSPS) is 20.0. The first-order valence-electron chi connectivity index (χ1n) is 7.94. The van der Waals surface area contributed by atoms with Crippen LogP contribution in [0.25, 0.3) is 11.4 Å². The van der Waals surface area contributed by atoms with Crippen LogP contribution in [-0.4, -0.2) is 58.4 Å². The van der Waals surface area contributed by atoms with E-state index in [1.54, 1.807) is 23.1 Å². The van der Waals surface area contributed by atoms with Crippen molar-refractivity contribution in [3.05, 3.63) is 36.0 Å². The zero-order valence-electron chi connectivity index (χ0n) is 13.3. The van der Waals surface area contributed by atoms with Crippen molar-refractivity contribution in [3.63, 3.8) is 0 Å². The van der Waals surface area contributed by atoms with E-state index in [1.165, 1.54) is 0 Å². The molecule has 7 nitrogen and oxygen atoms in total. The molecule has 0 saturated carbocycles. The van der Waals surface area contributed by atoms with Gasteiger partial charge in [-0.15, -0.1) is 0 Å². The molecule has 0 unspecified atom stereocenters. The molecule has 4 rings (SSSR count). The molecule has 1 amide bonds. The SMILES string of the molecule is Cc1cc(N2CCN3C(=O)OC[C@H]3C2)nc(-c2ccccc2O)n1. The molecular weight excluding hydrogens is 308 g/mol. The number of aromatic nitrogens is 2. The Bertz CT molecular complexity index is 795. The average Bonchev–Trinajstić information content (AvgIpc) is 2.95. The number of rotatable bonds is 2. The van der Waals surface area contributed by atoms with Crippen LogP contribution in [0, 0.1) is 6.92 Å². The number of nitrogens with zero attached hydrogens (tertiary/aromatic N) is 4. The Labute approximate surface area is 139 Å². The number of aromatic hydroxyl groups is 1.